The van der Waals surface area contributed by atoms with E-state index in [0.29, 0.717) is 48.1 Å². The summed E-state index contributed by atoms with van der Waals surface area (Å²) in [5, 5.41) is 0. The molecular formula is C24H28F3NO6. The lowest BCUT2D eigenvalue weighted by Crippen LogP contribution is -2.47. The van der Waals surface area contributed by atoms with E-state index in [-0.39, 0.29) is 31.6 Å². The van der Waals surface area contributed by atoms with Gasteiger partial charge < -0.3 is 28.6 Å². The van der Waals surface area contributed by atoms with E-state index < -0.39 is 11.7 Å². The molecule has 7 nitrogen and oxygen atoms in total. The predicted molar refractivity (Wildman–Crippen MR) is 117 cm³/mol. The fourth-order valence-electron chi connectivity index (χ4n) is 3.77. The van der Waals surface area contributed by atoms with Crippen LogP contribution in [-0.2, 0) is 33.5 Å². The van der Waals surface area contributed by atoms with Gasteiger partial charge in [-0.1, -0.05) is 18.2 Å². The third-order valence-electron chi connectivity index (χ3n) is 5.45. The average molecular weight is 483 g/mol. The SMILES string of the molecule is COc1ccc(CC(=O)N2CCO[C@@H](COCc3cccc(C(F)(F)F)c3)C2)c(OC)c1OC. The number of morpholine rings is 1. The number of rotatable bonds is 9. The molecule has 0 spiro atoms. The maximum atomic E-state index is 13.0. The normalized spacial score (nSPS) is 16.3. The Morgan fingerprint density at radius 3 is 2.53 bits per heavy atom. The quantitative estimate of drug-likeness (QED) is 0.542. The maximum absolute atomic E-state index is 13.0. The Hall–Kier alpha value is -2.98. The van der Waals surface area contributed by atoms with Gasteiger partial charge in [-0.2, -0.15) is 13.2 Å². The highest BCUT2D eigenvalue weighted by Crippen LogP contribution is 2.40. The van der Waals surface area contributed by atoms with Crippen LogP contribution in [0.1, 0.15) is 16.7 Å². The summed E-state index contributed by atoms with van der Waals surface area (Å²) in [6, 6.07) is 8.48. The molecule has 1 fully saturated rings. The predicted octanol–water partition coefficient (Wildman–Crippen LogP) is 3.72. The molecule has 0 bridgehead atoms. The number of carbonyl (C=O) groups is 1. The molecule has 186 valence electrons. The van der Waals surface area contributed by atoms with Crippen molar-refractivity contribution in [2.75, 3.05) is 47.6 Å². The second kappa shape index (κ2) is 11.4. The molecule has 34 heavy (non-hydrogen) atoms. The summed E-state index contributed by atoms with van der Waals surface area (Å²) < 4.78 is 66.0. The molecule has 0 radical (unpaired) electrons. The van der Waals surface area contributed by atoms with Crippen LogP contribution < -0.4 is 14.2 Å². The lowest BCUT2D eigenvalue weighted by Gasteiger charge is -2.33. The number of alkyl halides is 3. The minimum Gasteiger partial charge on any atom is -0.493 e. The van der Waals surface area contributed by atoms with E-state index in [1.807, 2.05) is 0 Å². The van der Waals surface area contributed by atoms with E-state index in [0.717, 1.165) is 12.1 Å². The van der Waals surface area contributed by atoms with Crippen molar-refractivity contribution in [2.24, 2.45) is 0 Å². The molecule has 0 unspecified atom stereocenters. The number of nitrogens with zero attached hydrogens (tertiary/aromatic N) is 1. The molecule has 0 saturated carbocycles. The number of methoxy groups -OCH3 is 3. The monoisotopic (exact) mass is 483 g/mol. The van der Waals surface area contributed by atoms with Crippen LogP contribution >= 0.6 is 0 Å². The third kappa shape index (κ3) is 6.32. The first kappa shape index (κ1) is 25.6. The number of benzene rings is 2. The van der Waals surface area contributed by atoms with Crippen molar-refractivity contribution >= 4 is 5.91 Å². The summed E-state index contributed by atoms with van der Waals surface area (Å²) in [6.07, 6.45) is -4.68. The second-order valence-corrected chi connectivity index (χ2v) is 7.72. The van der Waals surface area contributed by atoms with Crippen molar-refractivity contribution in [2.45, 2.75) is 25.3 Å². The molecule has 1 amide bonds. The molecule has 0 aliphatic carbocycles. The standard InChI is InChI=1S/C24H28F3NO6/c1-30-20-8-7-17(22(31-2)23(20)32-3)12-21(29)28-9-10-34-19(13-28)15-33-14-16-5-4-6-18(11-16)24(25,26)27/h4-8,11,19H,9-10,12-15H2,1-3H3/t19-/m1/s1. The van der Waals surface area contributed by atoms with Crippen molar-refractivity contribution in [3.63, 3.8) is 0 Å². The number of ether oxygens (including phenoxy) is 5. The zero-order chi connectivity index (χ0) is 24.7. The summed E-state index contributed by atoms with van der Waals surface area (Å²) >= 11 is 0. The van der Waals surface area contributed by atoms with E-state index in [1.165, 1.54) is 27.4 Å². The highest BCUT2D eigenvalue weighted by atomic mass is 19.4. The van der Waals surface area contributed by atoms with Gasteiger partial charge >= 0.3 is 6.18 Å². The molecule has 1 aliphatic heterocycles. The molecule has 2 aromatic carbocycles. The van der Waals surface area contributed by atoms with Gasteiger partial charge in [-0.25, -0.2) is 0 Å². The zero-order valence-corrected chi connectivity index (χ0v) is 19.3. The van der Waals surface area contributed by atoms with Gasteiger partial charge in [-0.3, -0.25) is 4.79 Å². The third-order valence-corrected chi connectivity index (χ3v) is 5.45. The van der Waals surface area contributed by atoms with Crippen LogP contribution in [0.4, 0.5) is 13.2 Å². The molecule has 1 aliphatic rings. The summed E-state index contributed by atoms with van der Waals surface area (Å²) in [5.74, 6) is 1.24. The van der Waals surface area contributed by atoms with Crippen LogP contribution in [0.5, 0.6) is 17.2 Å². The molecule has 1 atom stereocenters. The first-order chi connectivity index (χ1) is 16.3. The first-order valence-electron chi connectivity index (χ1n) is 10.7. The number of hydrogen-bond acceptors (Lipinski definition) is 6. The van der Waals surface area contributed by atoms with E-state index >= 15 is 0 Å². The maximum Gasteiger partial charge on any atom is 0.416 e. The van der Waals surface area contributed by atoms with Crippen molar-refractivity contribution in [1.29, 1.82) is 0 Å². The van der Waals surface area contributed by atoms with Gasteiger partial charge in [0, 0.05) is 18.7 Å². The van der Waals surface area contributed by atoms with Crippen LogP contribution in [0.25, 0.3) is 0 Å². The summed E-state index contributed by atoms with van der Waals surface area (Å²) in [5.41, 5.74) is 0.359. The van der Waals surface area contributed by atoms with Crippen molar-refractivity contribution in [3.8, 4) is 17.2 Å². The lowest BCUT2D eigenvalue weighted by molar-refractivity contribution is -0.140. The number of hydrogen-bond donors (Lipinski definition) is 0. The van der Waals surface area contributed by atoms with Gasteiger partial charge in [0.05, 0.1) is 59.2 Å². The fraction of sp³-hybridized carbons (Fsp3) is 0.458. The Morgan fingerprint density at radius 2 is 1.85 bits per heavy atom. The van der Waals surface area contributed by atoms with Crippen molar-refractivity contribution < 1.29 is 41.7 Å². The van der Waals surface area contributed by atoms with Crippen LogP contribution in [0.3, 0.4) is 0 Å². The van der Waals surface area contributed by atoms with E-state index in [2.05, 4.69) is 0 Å². The molecule has 0 N–H and O–H groups in total. The van der Waals surface area contributed by atoms with E-state index in [1.54, 1.807) is 23.1 Å². The van der Waals surface area contributed by atoms with E-state index in [9.17, 15) is 18.0 Å². The molecule has 0 aromatic heterocycles. The number of amides is 1. The Balaban J connectivity index is 1.56. The summed E-state index contributed by atoms with van der Waals surface area (Å²) in [7, 11) is 4.51. The minimum atomic E-state index is -4.40. The summed E-state index contributed by atoms with van der Waals surface area (Å²) in [6.45, 7) is 1.25. The molecular weight excluding hydrogens is 455 g/mol. The van der Waals surface area contributed by atoms with Crippen LogP contribution in [0.2, 0.25) is 0 Å². The minimum absolute atomic E-state index is 0.0145. The molecule has 2 aromatic rings. The molecule has 3 rings (SSSR count). The van der Waals surface area contributed by atoms with Crippen LogP contribution in [0, 0.1) is 0 Å². The Morgan fingerprint density at radius 1 is 1.09 bits per heavy atom. The summed E-state index contributed by atoms with van der Waals surface area (Å²) in [4.78, 5) is 14.6. The van der Waals surface area contributed by atoms with Crippen LogP contribution in [-0.4, -0.2) is 64.5 Å². The topological polar surface area (TPSA) is 66.5 Å². The van der Waals surface area contributed by atoms with Gasteiger partial charge in [0.15, 0.2) is 11.5 Å². The Bertz CT molecular complexity index is 982. The lowest BCUT2D eigenvalue weighted by atomic mass is 10.1. The van der Waals surface area contributed by atoms with Gasteiger partial charge in [0.2, 0.25) is 11.7 Å². The van der Waals surface area contributed by atoms with Gasteiger partial charge in [0.25, 0.3) is 0 Å². The van der Waals surface area contributed by atoms with Crippen molar-refractivity contribution in [3.05, 3.63) is 53.1 Å². The zero-order valence-electron chi connectivity index (χ0n) is 19.3. The van der Waals surface area contributed by atoms with Crippen LogP contribution in [0.15, 0.2) is 36.4 Å². The molecule has 1 saturated heterocycles. The highest BCUT2D eigenvalue weighted by molar-refractivity contribution is 5.80. The van der Waals surface area contributed by atoms with Gasteiger partial charge in [0.1, 0.15) is 0 Å². The second-order valence-electron chi connectivity index (χ2n) is 7.72. The van der Waals surface area contributed by atoms with Gasteiger partial charge in [-0.05, 0) is 23.8 Å². The number of carbonyl (C=O) groups excluding carboxylic acids is 1. The molecule has 1 heterocycles. The first-order valence-corrected chi connectivity index (χ1v) is 10.7. The Kier molecular flexibility index (Phi) is 8.62. The van der Waals surface area contributed by atoms with E-state index in [4.69, 9.17) is 23.7 Å². The average Bonchev–Trinajstić information content (AvgIpc) is 2.83. The Labute approximate surface area is 196 Å². The largest absolute Gasteiger partial charge is 0.493 e. The number of halogens is 3. The molecule has 10 heteroatoms. The fourth-order valence-corrected chi connectivity index (χ4v) is 3.77. The smallest absolute Gasteiger partial charge is 0.416 e. The highest BCUT2D eigenvalue weighted by Gasteiger charge is 2.30. The van der Waals surface area contributed by atoms with Gasteiger partial charge in [-0.15, -0.1) is 0 Å². The van der Waals surface area contributed by atoms with Crippen molar-refractivity contribution in [1.82, 2.24) is 4.90 Å².